The third-order valence-corrected chi connectivity index (χ3v) is 9.34. The second kappa shape index (κ2) is 39.9. The number of carbonyl (C=O) groups excluding carboxylic acids is 2. The Morgan fingerprint density at radius 2 is 1.11 bits per heavy atom. The molecule has 0 saturated heterocycles. The number of hydrogen-bond donors (Lipinski definition) is 3. The van der Waals surface area contributed by atoms with Crippen molar-refractivity contribution in [3.8, 4) is 0 Å². The largest absolute Gasteiger partial charge is 0.472 e. The Labute approximate surface area is 374 Å². The van der Waals surface area contributed by atoms with Crippen molar-refractivity contribution in [1.82, 2.24) is 0 Å². The fourth-order valence-electron chi connectivity index (χ4n) is 4.90. The van der Waals surface area contributed by atoms with Gasteiger partial charge in [0, 0.05) is 12.8 Å². The van der Waals surface area contributed by atoms with Gasteiger partial charge in [-0.1, -0.05) is 148 Å². The summed E-state index contributed by atoms with van der Waals surface area (Å²) in [6.45, 7) is 3.78. The fraction of sp³-hybridized carbons (Fsp3) is 0.520. The molecule has 0 aliphatic carbocycles. The van der Waals surface area contributed by atoms with Crippen LogP contribution in [0.5, 0.6) is 0 Å². The van der Waals surface area contributed by atoms with Gasteiger partial charge in [-0.2, -0.15) is 0 Å². The topological polar surface area (TPSA) is 149 Å². The fourth-order valence-corrected chi connectivity index (χ4v) is 5.65. The van der Waals surface area contributed by atoms with Gasteiger partial charge in [-0.05, 0) is 77.0 Å². The molecular weight excluding hydrogens is 806 g/mol. The van der Waals surface area contributed by atoms with Crippen LogP contribution in [-0.2, 0) is 32.7 Å². The van der Waals surface area contributed by atoms with Gasteiger partial charge in [0.15, 0.2) is 6.10 Å². The zero-order valence-corrected chi connectivity index (χ0v) is 39.1. The number of quaternary nitrogens is 1. The number of nitrogens with zero attached hydrogens (tertiary/aromatic N) is 1. The van der Waals surface area contributed by atoms with E-state index in [2.05, 4.69) is 68.5 Å². The molecule has 0 rings (SSSR count). The molecule has 0 aromatic rings. The van der Waals surface area contributed by atoms with Gasteiger partial charge < -0.3 is 29.1 Å². The molecule has 0 aliphatic rings. The Morgan fingerprint density at radius 3 is 1.71 bits per heavy atom. The molecule has 0 radical (unpaired) electrons. The normalized spacial score (nSPS) is 15.8. The summed E-state index contributed by atoms with van der Waals surface area (Å²) in [7, 11) is 1.29. The number of aliphatic hydroxyl groups excluding tert-OH is 2. The van der Waals surface area contributed by atoms with Crippen LogP contribution in [0.2, 0.25) is 0 Å². The van der Waals surface area contributed by atoms with Crippen molar-refractivity contribution < 1.29 is 52.3 Å². The van der Waals surface area contributed by atoms with Gasteiger partial charge in [-0.3, -0.25) is 18.6 Å². The number of ether oxygens (including phenoxy) is 2. The van der Waals surface area contributed by atoms with E-state index in [0.717, 1.165) is 38.5 Å². The summed E-state index contributed by atoms with van der Waals surface area (Å²) in [6.07, 6.45) is 50.2. The Morgan fingerprint density at radius 1 is 0.597 bits per heavy atom. The number of unbranched alkanes of at least 4 members (excludes halogenated alkanes) is 2. The Kier molecular flexibility index (Phi) is 37.4. The van der Waals surface area contributed by atoms with E-state index in [1.54, 1.807) is 30.4 Å². The minimum Gasteiger partial charge on any atom is -0.462 e. The van der Waals surface area contributed by atoms with Crippen molar-refractivity contribution in [3.05, 3.63) is 134 Å². The zero-order valence-electron chi connectivity index (χ0n) is 38.3. The molecule has 0 amide bonds. The van der Waals surface area contributed by atoms with Crippen LogP contribution in [0.4, 0.5) is 0 Å². The molecular formula is C50H79NO10P+. The summed E-state index contributed by atoms with van der Waals surface area (Å²) in [4.78, 5) is 35.4. The number of carbonyl (C=O) groups is 2. The first-order valence-corrected chi connectivity index (χ1v) is 23.6. The highest BCUT2D eigenvalue weighted by molar-refractivity contribution is 7.47. The van der Waals surface area contributed by atoms with Gasteiger partial charge in [-0.15, -0.1) is 0 Å². The number of phosphoric ester groups is 1. The third kappa shape index (κ3) is 42.7. The Bertz CT molecular complexity index is 1540. The van der Waals surface area contributed by atoms with E-state index in [9.17, 15) is 29.3 Å². The first kappa shape index (κ1) is 58.1. The molecule has 0 fully saturated rings. The molecule has 0 spiro atoms. The molecule has 3 N–H and O–H groups in total. The monoisotopic (exact) mass is 885 g/mol. The van der Waals surface area contributed by atoms with Crippen LogP contribution in [0, 0.1) is 0 Å². The van der Waals surface area contributed by atoms with Gasteiger partial charge in [-0.25, -0.2) is 4.57 Å². The molecule has 0 aliphatic heterocycles. The molecule has 0 saturated carbocycles. The number of rotatable bonds is 37. The molecule has 0 aromatic carbocycles. The Balaban J connectivity index is 4.74. The first-order chi connectivity index (χ1) is 29.8. The predicted molar refractivity (Wildman–Crippen MR) is 254 cm³/mol. The van der Waals surface area contributed by atoms with Gasteiger partial charge >= 0.3 is 19.8 Å². The van der Waals surface area contributed by atoms with Crippen LogP contribution in [0.25, 0.3) is 0 Å². The van der Waals surface area contributed by atoms with Crippen molar-refractivity contribution in [2.24, 2.45) is 0 Å². The number of phosphoric acid groups is 1. The zero-order chi connectivity index (χ0) is 46.0. The number of allylic oxidation sites excluding steroid dienone is 18. The van der Waals surface area contributed by atoms with E-state index < -0.39 is 44.7 Å². The van der Waals surface area contributed by atoms with Crippen LogP contribution >= 0.6 is 7.82 Å². The number of esters is 2. The van der Waals surface area contributed by atoms with Crippen molar-refractivity contribution >= 4 is 19.8 Å². The second-order valence-electron chi connectivity index (χ2n) is 15.4. The molecule has 11 nitrogen and oxygen atoms in total. The summed E-state index contributed by atoms with van der Waals surface area (Å²) in [6, 6.07) is 0. The molecule has 12 heteroatoms. The highest BCUT2D eigenvalue weighted by Crippen LogP contribution is 2.43. The summed E-state index contributed by atoms with van der Waals surface area (Å²) >= 11 is 0. The summed E-state index contributed by atoms with van der Waals surface area (Å²) in [5.74, 6) is -1.07. The minimum atomic E-state index is -4.46. The average Bonchev–Trinajstić information content (AvgIpc) is 3.21. The van der Waals surface area contributed by atoms with E-state index >= 15 is 0 Å². The number of likely N-dealkylation sites (N-methyl/N-ethyl adjacent to an activating group) is 1. The quantitative estimate of drug-likeness (QED) is 0.0137. The van der Waals surface area contributed by atoms with Crippen molar-refractivity contribution in [2.75, 3.05) is 47.5 Å². The molecule has 62 heavy (non-hydrogen) atoms. The number of hydrogen-bond acceptors (Lipinski definition) is 9. The van der Waals surface area contributed by atoms with Crippen molar-refractivity contribution in [3.63, 3.8) is 0 Å². The lowest BCUT2D eigenvalue weighted by molar-refractivity contribution is -0.870. The van der Waals surface area contributed by atoms with E-state index in [1.807, 2.05) is 69.8 Å². The van der Waals surface area contributed by atoms with Crippen LogP contribution in [0.15, 0.2) is 134 Å². The summed E-state index contributed by atoms with van der Waals surface area (Å²) in [5, 5.41) is 20.1. The lowest BCUT2D eigenvalue weighted by atomic mass is 10.2. The maximum atomic E-state index is 12.7. The average molecular weight is 885 g/mol. The first-order valence-electron chi connectivity index (χ1n) is 22.1. The lowest BCUT2D eigenvalue weighted by Crippen LogP contribution is -2.37. The third-order valence-electron chi connectivity index (χ3n) is 8.35. The van der Waals surface area contributed by atoms with Crippen molar-refractivity contribution in [2.45, 2.75) is 122 Å². The summed E-state index contributed by atoms with van der Waals surface area (Å²) in [5.41, 5.74) is 0. The highest BCUT2D eigenvalue weighted by Gasteiger charge is 2.27. The highest BCUT2D eigenvalue weighted by atomic mass is 31.2. The minimum absolute atomic E-state index is 0.0239. The van der Waals surface area contributed by atoms with E-state index in [1.165, 1.54) is 0 Å². The van der Waals surface area contributed by atoms with Crippen molar-refractivity contribution in [1.29, 1.82) is 0 Å². The smallest absolute Gasteiger partial charge is 0.462 e. The maximum absolute atomic E-state index is 12.7. The van der Waals surface area contributed by atoms with E-state index in [-0.39, 0.29) is 26.1 Å². The van der Waals surface area contributed by atoms with Crippen LogP contribution < -0.4 is 0 Å². The predicted octanol–water partition coefficient (Wildman–Crippen LogP) is 10.6. The molecule has 348 valence electrons. The van der Waals surface area contributed by atoms with E-state index in [0.29, 0.717) is 49.6 Å². The molecule has 0 heterocycles. The van der Waals surface area contributed by atoms with Crippen LogP contribution in [-0.4, -0.2) is 97.3 Å². The maximum Gasteiger partial charge on any atom is 0.472 e. The molecule has 0 aromatic heterocycles. The molecule has 1 unspecified atom stereocenters. The lowest BCUT2D eigenvalue weighted by Gasteiger charge is -2.24. The number of aliphatic hydroxyl groups is 2. The summed E-state index contributed by atoms with van der Waals surface area (Å²) < 4.78 is 34.0. The van der Waals surface area contributed by atoms with Crippen LogP contribution in [0.1, 0.15) is 104 Å². The van der Waals surface area contributed by atoms with Gasteiger partial charge in [0.25, 0.3) is 0 Å². The molecule has 0 bridgehead atoms. The molecule has 4 atom stereocenters. The Hall–Kier alpha value is -3.93. The standard InChI is InChI=1S/C50H78NO10P/c1-6-8-10-11-12-13-14-15-16-17-18-19-20-21-25-28-34-40-49(54)58-44-48(45-60-62(56,57)59-43-42-51(3,4)5)61-50(55)41-35-29-33-39-47(53)38-32-27-24-22-23-26-31-37-46(52)36-30-9-7-2/h8-10,12-13,15-16,18-19,21,23-27,30-33,37-39,46-48,52-53H,6-7,11,14,17,20,22,28-29,34-36,40-45H2,1-5H3/p+1/b10-8-,13-12-,16-15-,19-18-,25-21-,26-23-,27-24-,30-9-,37-31+,38-32+,39-33-/t46-,47-,48+/m0/s1. The second-order valence-corrected chi connectivity index (χ2v) is 16.8. The van der Waals surface area contributed by atoms with Gasteiger partial charge in [0.05, 0.1) is 40.0 Å². The van der Waals surface area contributed by atoms with Gasteiger partial charge in [0.1, 0.15) is 19.8 Å². The van der Waals surface area contributed by atoms with Gasteiger partial charge in [0.2, 0.25) is 0 Å². The van der Waals surface area contributed by atoms with Crippen LogP contribution in [0.3, 0.4) is 0 Å². The SMILES string of the molecule is CC/C=C\C/C=C\C/C=C\C/C=C\C/C=C\CCCC(=O)OC[C@H](COP(=O)(O)OCC[N+](C)(C)C)OC(=O)CCC/C=C\[C@@H](O)/C=C/C=C\C/C=C\C=C\[C@@H](O)C/C=C\CC. The van der Waals surface area contributed by atoms with E-state index in [4.69, 9.17) is 18.5 Å².